The molecule has 0 radical (unpaired) electrons. The first kappa shape index (κ1) is 22.5. The normalized spacial score (nSPS) is 14.0. The number of nitrogens with one attached hydrogen (secondary N) is 1. The molecule has 1 aliphatic heterocycles. The van der Waals surface area contributed by atoms with Crippen LogP contribution < -0.4 is 10.2 Å². The molecule has 1 aromatic carbocycles. The molecular weight excluding hydrogens is 394 g/mol. The Bertz CT molecular complexity index is 909. The van der Waals surface area contributed by atoms with Gasteiger partial charge < -0.3 is 19.9 Å². The average Bonchev–Trinajstić information content (AvgIpc) is 2.77. The molecule has 1 fully saturated rings. The third-order valence-electron chi connectivity index (χ3n) is 5.28. The van der Waals surface area contributed by atoms with Crippen LogP contribution in [0.3, 0.4) is 0 Å². The number of hydrogen-bond acceptors (Lipinski definition) is 6. The van der Waals surface area contributed by atoms with Crippen molar-refractivity contribution < 1.29 is 14.3 Å². The van der Waals surface area contributed by atoms with Crippen LogP contribution in [-0.4, -0.2) is 66.2 Å². The lowest BCUT2D eigenvalue weighted by atomic mass is 10.0. The first-order valence-electron chi connectivity index (χ1n) is 10.8. The van der Waals surface area contributed by atoms with Crippen LogP contribution in [0.1, 0.15) is 37.9 Å². The minimum Gasteiger partial charge on any atom is -0.465 e. The van der Waals surface area contributed by atoms with E-state index in [1.54, 1.807) is 11.8 Å². The van der Waals surface area contributed by atoms with Crippen molar-refractivity contribution in [1.29, 1.82) is 0 Å². The SMILES string of the molecule is CCOC(=O)CNC(=O)N1CCN(c2nc(-c3ccccc3)nc(C)c2C(C)C)CC1. The highest BCUT2D eigenvalue weighted by Crippen LogP contribution is 2.31. The second kappa shape index (κ2) is 10.2. The molecule has 0 bridgehead atoms. The zero-order valence-electron chi connectivity index (χ0n) is 18.7. The van der Waals surface area contributed by atoms with E-state index in [-0.39, 0.29) is 18.5 Å². The Morgan fingerprint density at radius 3 is 2.39 bits per heavy atom. The van der Waals surface area contributed by atoms with Gasteiger partial charge in [-0.25, -0.2) is 14.8 Å². The quantitative estimate of drug-likeness (QED) is 0.716. The molecule has 0 unspecified atom stereocenters. The fourth-order valence-electron chi connectivity index (χ4n) is 3.79. The number of carbonyl (C=O) groups excluding carboxylic acids is 2. The Morgan fingerprint density at radius 1 is 1.10 bits per heavy atom. The summed E-state index contributed by atoms with van der Waals surface area (Å²) >= 11 is 0. The van der Waals surface area contributed by atoms with E-state index in [0.29, 0.717) is 38.6 Å². The second-order valence-electron chi connectivity index (χ2n) is 7.83. The first-order valence-corrected chi connectivity index (χ1v) is 10.8. The molecule has 8 nitrogen and oxygen atoms in total. The number of nitrogens with zero attached hydrogens (tertiary/aromatic N) is 4. The summed E-state index contributed by atoms with van der Waals surface area (Å²) in [4.78, 5) is 37.5. The maximum absolute atomic E-state index is 12.4. The topological polar surface area (TPSA) is 87.7 Å². The lowest BCUT2D eigenvalue weighted by Crippen LogP contribution is -2.53. The van der Waals surface area contributed by atoms with E-state index in [4.69, 9.17) is 14.7 Å². The third-order valence-corrected chi connectivity index (χ3v) is 5.28. The number of rotatable bonds is 6. The van der Waals surface area contributed by atoms with Gasteiger partial charge in [0.1, 0.15) is 12.4 Å². The van der Waals surface area contributed by atoms with E-state index in [1.807, 2.05) is 37.3 Å². The predicted octanol–water partition coefficient (Wildman–Crippen LogP) is 2.97. The summed E-state index contributed by atoms with van der Waals surface area (Å²) in [6.07, 6.45) is 0. The van der Waals surface area contributed by atoms with Crippen LogP contribution in [0, 0.1) is 6.92 Å². The van der Waals surface area contributed by atoms with Gasteiger partial charge in [-0.3, -0.25) is 4.79 Å². The van der Waals surface area contributed by atoms with Crippen molar-refractivity contribution in [2.75, 3.05) is 44.2 Å². The van der Waals surface area contributed by atoms with Gasteiger partial charge in [0, 0.05) is 43.0 Å². The number of ether oxygens (including phenoxy) is 1. The van der Waals surface area contributed by atoms with Crippen molar-refractivity contribution in [2.45, 2.75) is 33.6 Å². The molecule has 1 aliphatic rings. The fourth-order valence-corrected chi connectivity index (χ4v) is 3.79. The summed E-state index contributed by atoms with van der Waals surface area (Å²) in [5.74, 6) is 1.51. The smallest absolute Gasteiger partial charge is 0.325 e. The minimum absolute atomic E-state index is 0.115. The zero-order valence-corrected chi connectivity index (χ0v) is 18.7. The molecule has 0 aliphatic carbocycles. The number of esters is 1. The molecule has 1 aromatic heterocycles. The van der Waals surface area contributed by atoms with Gasteiger partial charge in [0.25, 0.3) is 0 Å². The summed E-state index contributed by atoms with van der Waals surface area (Å²) < 4.78 is 4.85. The Kier molecular flexibility index (Phi) is 7.44. The van der Waals surface area contributed by atoms with Crippen LogP contribution in [0.5, 0.6) is 0 Å². The fraction of sp³-hybridized carbons (Fsp3) is 0.478. The molecule has 8 heteroatoms. The van der Waals surface area contributed by atoms with Gasteiger partial charge in [0.05, 0.1) is 6.61 Å². The van der Waals surface area contributed by atoms with Crippen LogP contribution >= 0.6 is 0 Å². The molecule has 2 aromatic rings. The van der Waals surface area contributed by atoms with Crippen molar-refractivity contribution in [2.24, 2.45) is 0 Å². The van der Waals surface area contributed by atoms with Gasteiger partial charge in [-0.2, -0.15) is 0 Å². The van der Waals surface area contributed by atoms with E-state index >= 15 is 0 Å². The van der Waals surface area contributed by atoms with Crippen molar-refractivity contribution >= 4 is 17.8 Å². The molecule has 3 rings (SSSR count). The van der Waals surface area contributed by atoms with Crippen molar-refractivity contribution in [3.05, 3.63) is 41.6 Å². The van der Waals surface area contributed by atoms with Crippen LogP contribution in [0.25, 0.3) is 11.4 Å². The van der Waals surface area contributed by atoms with Crippen molar-refractivity contribution in [3.63, 3.8) is 0 Å². The molecule has 2 heterocycles. The number of amides is 2. The molecule has 0 spiro atoms. The van der Waals surface area contributed by atoms with E-state index in [2.05, 4.69) is 24.1 Å². The van der Waals surface area contributed by atoms with E-state index in [1.165, 1.54) is 0 Å². The van der Waals surface area contributed by atoms with E-state index < -0.39 is 5.97 Å². The van der Waals surface area contributed by atoms with E-state index in [0.717, 1.165) is 22.6 Å². The van der Waals surface area contributed by atoms with Gasteiger partial charge in [-0.05, 0) is 19.8 Å². The monoisotopic (exact) mass is 425 g/mol. The minimum atomic E-state index is -0.430. The molecule has 0 atom stereocenters. The van der Waals surface area contributed by atoms with Gasteiger partial charge in [0.2, 0.25) is 0 Å². The molecule has 0 saturated carbocycles. The maximum Gasteiger partial charge on any atom is 0.325 e. The lowest BCUT2D eigenvalue weighted by molar-refractivity contribution is -0.141. The molecule has 31 heavy (non-hydrogen) atoms. The van der Waals surface area contributed by atoms with Gasteiger partial charge in [0.15, 0.2) is 5.82 Å². The van der Waals surface area contributed by atoms with Crippen LogP contribution in [0.4, 0.5) is 10.6 Å². The Balaban J connectivity index is 1.74. The Hall–Kier alpha value is -3.16. The number of hydrogen-bond donors (Lipinski definition) is 1. The lowest BCUT2D eigenvalue weighted by Gasteiger charge is -2.36. The molecule has 1 N–H and O–H groups in total. The molecule has 2 amide bonds. The predicted molar refractivity (Wildman–Crippen MR) is 120 cm³/mol. The molecule has 166 valence electrons. The molecule has 1 saturated heterocycles. The van der Waals surface area contributed by atoms with Crippen LogP contribution in [0.2, 0.25) is 0 Å². The number of benzene rings is 1. The highest BCUT2D eigenvalue weighted by Gasteiger charge is 2.26. The van der Waals surface area contributed by atoms with E-state index in [9.17, 15) is 9.59 Å². The maximum atomic E-state index is 12.4. The largest absolute Gasteiger partial charge is 0.465 e. The highest BCUT2D eigenvalue weighted by molar-refractivity contribution is 5.81. The number of aromatic nitrogens is 2. The van der Waals surface area contributed by atoms with Crippen molar-refractivity contribution in [1.82, 2.24) is 20.2 Å². The summed E-state index contributed by atoms with van der Waals surface area (Å²) in [6.45, 7) is 10.7. The number of urea groups is 1. The third kappa shape index (κ3) is 5.51. The average molecular weight is 426 g/mol. The van der Waals surface area contributed by atoms with Crippen LogP contribution in [0.15, 0.2) is 30.3 Å². The summed E-state index contributed by atoms with van der Waals surface area (Å²) in [5, 5.41) is 2.63. The highest BCUT2D eigenvalue weighted by atomic mass is 16.5. The first-order chi connectivity index (χ1) is 14.9. The number of aryl methyl sites for hydroxylation is 1. The van der Waals surface area contributed by atoms with Gasteiger partial charge >= 0.3 is 12.0 Å². The zero-order chi connectivity index (χ0) is 22.4. The Morgan fingerprint density at radius 2 is 1.77 bits per heavy atom. The summed E-state index contributed by atoms with van der Waals surface area (Å²) in [7, 11) is 0. The standard InChI is InChI=1S/C23H31N5O3/c1-5-31-19(29)15-24-23(30)28-13-11-27(12-14-28)22-20(16(2)3)17(4)25-21(26-22)18-9-7-6-8-10-18/h6-10,16H,5,11-15H2,1-4H3,(H,24,30). The van der Waals surface area contributed by atoms with Crippen molar-refractivity contribution in [3.8, 4) is 11.4 Å². The Labute approximate surface area is 183 Å². The van der Waals surface area contributed by atoms with Crippen LogP contribution in [-0.2, 0) is 9.53 Å². The van der Waals surface area contributed by atoms with Gasteiger partial charge in [-0.15, -0.1) is 0 Å². The summed E-state index contributed by atoms with van der Waals surface area (Å²) in [6, 6.07) is 9.72. The second-order valence-corrected chi connectivity index (χ2v) is 7.83. The molecular formula is C23H31N5O3. The summed E-state index contributed by atoms with van der Waals surface area (Å²) in [5.41, 5.74) is 3.10. The van der Waals surface area contributed by atoms with Gasteiger partial charge in [-0.1, -0.05) is 44.2 Å². The number of piperazine rings is 1. The number of carbonyl (C=O) groups is 2. The number of anilines is 1.